The molecule has 1 unspecified atom stereocenters. The Morgan fingerprint density at radius 1 is 1.62 bits per heavy atom. The number of likely N-dealkylation sites (tertiary alicyclic amines) is 1. The highest BCUT2D eigenvalue weighted by atomic mass is 16.4. The van der Waals surface area contributed by atoms with Crippen molar-refractivity contribution in [2.45, 2.75) is 32.1 Å². The minimum absolute atomic E-state index is 0.334. The van der Waals surface area contributed by atoms with Gasteiger partial charge in [0.1, 0.15) is 0 Å². The van der Waals surface area contributed by atoms with Crippen molar-refractivity contribution >= 4 is 5.97 Å². The molecule has 1 heterocycles. The van der Waals surface area contributed by atoms with E-state index in [9.17, 15) is 4.79 Å². The van der Waals surface area contributed by atoms with Crippen LogP contribution in [0.3, 0.4) is 0 Å². The van der Waals surface area contributed by atoms with Crippen molar-refractivity contribution in [2.75, 3.05) is 20.1 Å². The summed E-state index contributed by atoms with van der Waals surface area (Å²) in [5.74, 6) is 0.0715. The maximum absolute atomic E-state index is 10.3. The number of hydrogen-bond acceptors (Lipinski definition) is 2. The first-order valence-corrected chi connectivity index (χ1v) is 5.09. The van der Waals surface area contributed by atoms with Crippen molar-refractivity contribution in [1.82, 2.24) is 4.90 Å². The van der Waals surface area contributed by atoms with Crippen LogP contribution in [-0.4, -0.2) is 36.1 Å². The standard InChI is InChI=1S/C10H19NO2/c1-11-7-3-5-9(8-11)4-2-6-10(12)13/h9H,2-8H2,1H3,(H,12,13). The van der Waals surface area contributed by atoms with Crippen LogP contribution in [0.4, 0.5) is 0 Å². The van der Waals surface area contributed by atoms with E-state index in [0.29, 0.717) is 6.42 Å². The number of carbonyl (C=O) groups is 1. The Bertz CT molecular complexity index is 170. The summed E-state index contributed by atoms with van der Waals surface area (Å²) in [7, 11) is 2.14. The number of carboxylic acids is 1. The van der Waals surface area contributed by atoms with Gasteiger partial charge in [0.2, 0.25) is 0 Å². The minimum atomic E-state index is -0.663. The van der Waals surface area contributed by atoms with E-state index in [4.69, 9.17) is 5.11 Å². The lowest BCUT2D eigenvalue weighted by atomic mass is 9.93. The minimum Gasteiger partial charge on any atom is -0.481 e. The fraction of sp³-hybridized carbons (Fsp3) is 0.900. The third-order valence-electron chi connectivity index (χ3n) is 2.73. The molecule has 0 aromatic carbocycles. The lowest BCUT2D eigenvalue weighted by Crippen LogP contribution is -2.31. The zero-order valence-corrected chi connectivity index (χ0v) is 8.33. The summed E-state index contributed by atoms with van der Waals surface area (Å²) in [5.41, 5.74) is 0. The molecule has 0 radical (unpaired) electrons. The van der Waals surface area contributed by atoms with Gasteiger partial charge in [0.25, 0.3) is 0 Å². The molecule has 3 heteroatoms. The van der Waals surface area contributed by atoms with Crippen molar-refractivity contribution in [3.8, 4) is 0 Å². The predicted octanol–water partition coefficient (Wildman–Crippen LogP) is 1.58. The van der Waals surface area contributed by atoms with Crippen LogP contribution < -0.4 is 0 Å². The molecule has 0 amide bonds. The largest absolute Gasteiger partial charge is 0.481 e. The Kier molecular flexibility index (Phi) is 4.22. The molecule has 1 aliphatic rings. The van der Waals surface area contributed by atoms with Crippen LogP contribution in [0.2, 0.25) is 0 Å². The summed E-state index contributed by atoms with van der Waals surface area (Å²) in [6, 6.07) is 0. The molecule has 1 rings (SSSR count). The fourth-order valence-corrected chi connectivity index (χ4v) is 2.05. The van der Waals surface area contributed by atoms with Crippen LogP contribution in [0.15, 0.2) is 0 Å². The Morgan fingerprint density at radius 2 is 2.38 bits per heavy atom. The molecule has 1 atom stereocenters. The van der Waals surface area contributed by atoms with E-state index in [0.717, 1.165) is 25.3 Å². The number of nitrogens with zero attached hydrogens (tertiary/aromatic N) is 1. The molecule has 0 bridgehead atoms. The van der Waals surface area contributed by atoms with Gasteiger partial charge in [-0.05, 0) is 45.2 Å². The summed E-state index contributed by atoms with van der Waals surface area (Å²) in [4.78, 5) is 12.6. The fourth-order valence-electron chi connectivity index (χ4n) is 2.05. The Labute approximate surface area is 79.7 Å². The summed E-state index contributed by atoms with van der Waals surface area (Å²) < 4.78 is 0. The lowest BCUT2D eigenvalue weighted by Gasteiger charge is -2.29. The van der Waals surface area contributed by atoms with E-state index in [1.54, 1.807) is 0 Å². The van der Waals surface area contributed by atoms with Gasteiger partial charge in [-0.2, -0.15) is 0 Å². The van der Waals surface area contributed by atoms with Crippen molar-refractivity contribution < 1.29 is 9.90 Å². The second-order valence-corrected chi connectivity index (χ2v) is 4.06. The van der Waals surface area contributed by atoms with E-state index in [1.165, 1.54) is 19.4 Å². The number of hydrogen-bond donors (Lipinski definition) is 1. The third-order valence-corrected chi connectivity index (χ3v) is 2.73. The van der Waals surface area contributed by atoms with Gasteiger partial charge < -0.3 is 10.0 Å². The Hall–Kier alpha value is -0.570. The van der Waals surface area contributed by atoms with Gasteiger partial charge in [0.15, 0.2) is 0 Å². The van der Waals surface area contributed by atoms with Crippen LogP contribution in [0.5, 0.6) is 0 Å². The predicted molar refractivity (Wildman–Crippen MR) is 51.7 cm³/mol. The van der Waals surface area contributed by atoms with Crippen LogP contribution in [0, 0.1) is 5.92 Å². The molecular formula is C10H19NO2. The maximum Gasteiger partial charge on any atom is 0.303 e. The molecular weight excluding hydrogens is 166 g/mol. The number of aliphatic carboxylic acids is 1. The quantitative estimate of drug-likeness (QED) is 0.723. The van der Waals surface area contributed by atoms with Gasteiger partial charge in [-0.1, -0.05) is 0 Å². The van der Waals surface area contributed by atoms with Gasteiger partial charge in [0.05, 0.1) is 0 Å². The molecule has 0 aromatic heterocycles. The molecule has 1 aliphatic heterocycles. The molecule has 1 saturated heterocycles. The maximum atomic E-state index is 10.3. The molecule has 0 aliphatic carbocycles. The van der Waals surface area contributed by atoms with Crippen molar-refractivity contribution in [2.24, 2.45) is 5.92 Å². The van der Waals surface area contributed by atoms with Gasteiger partial charge in [0, 0.05) is 13.0 Å². The Balaban J connectivity index is 2.10. The molecule has 1 N–H and O–H groups in total. The summed E-state index contributed by atoms with van der Waals surface area (Å²) in [6.07, 6.45) is 4.81. The monoisotopic (exact) mass is 185 g/mol. The summed E-state index contributed by atoms with van der Waals surface area (Å²) in [6.45, 7) is 2.36. The van der Waals surface area contributed by atoms with Crippen LogP contribution in [0.1, 0.15) is 32.1 Å². The second kappa shape index (κ2) is 5.22. The van der Waals surface area contributed by atoms with E-state index < -0.39 is 5.97 Å². The van der Waals surface area contributed by atoms with Crippen LogP contribution in [-0.2, 0) is 4.79 Å². The van der Waals surface area contributed by atoms with Crippen molar-refractivity contribution in [1.29, 1.82) is 0 Å². The first-order chi connectivity index (χ1) is 6.18. The summed E-state index contributed by atoms with van der Waals surface area (Å²) in [5, 5.41) is 8.48. The molecule has 0 saturated carbocycles. The molecule has 1 fully saturated rings. The van der Waals surface area contributed by atoms with Crippen molar-refractivity contribution in [3.63, 3.8) is 0 Å². The van der Waals surface area contributed by atoms with E-state index in [2.05, 4.69) is 11.9 Å². The summed E-state index contributed by atoms with van der Waals surface area (Å²) >= 11 is 0. The SMILES string of the molecule is CN1CCCC(CCCC(=O)O)C1. The first-order valence-electron chi connectivity index (χ1n) is 5.09. The zero-order valence-electron chi connectivity index (χ0n) is 8.33. The number of carboxylic acid groups (broad SMARTS) is 1. The topological polar surface area (TPSA) is 40.5 Å². The van der Waals surface area contributed by atoms with Gasteiger partial charge in [-0.3, -0.25) is 4.79 Å². The highest BCUT2D eigenvalue weighted by molar-refractivity contribution is 5.66. The molecule has 0 spiro atoms. The van der Waals surface area contributed by atoms with E-state index in [1.807, 2.05) is 0 Å². The molecule has 0 aromatic rings. The highest BCUT2D eigenvalue weighted by Gasteiger charge is 2.16. The zero-order chi connectivity index (χ0) is 9.68. The Morgan fingerprint density at radius 3 is 3.00 bits per heavy atom. The highest BCUT2D eigenvalue weighted by Crippen LogP contribution is 2.20. The van der Waals surface area contributed by atoms with E-state index >= 15 is 0 Å². The molecule has 13 heavy (non-hydrogen) atoms. The number of piperidine rings is 1. The van der Waals surface area contributed by atoms with Crippen LogP contribution in [0.25, 0.3) is 0 Å². The van der Waals surface area contributed by atoms with Gasteiger partial charge >= 0.3 is 5.97 Å². The third kappa shape index (κ3) is 4.27. The van der Waals surface area contributed by atoms with Gasteiger partial charge in [-0.25, -0.2) is 0 Å². The first kappa shape index (κ1) is 10.5. The van der Waals surface area contributed by atoms with Crippen molar-refractivity contribution in [3.05, 3.63) is 0 Å². The molecule has 76 valence electrons. The average molecular weight is 185 g/mol. The lowest BCUT2D eigenvalue weighted by molar-refractivity contribution is -0.137. The molecule has 3 nitrogen and oxygen atoms in total. The second-order valence-electron chi connectivity index (χ2n) is 4.06. The smallest absolute Gasteiger partial charge is 0.303 e. The van der Waals surface area contributed by atoms with Gasteiger partial charge in [-0.15, -0.1) is 0 Å². The van der Waals surface area contributed by atoms with E-state index in [-0.39, 0.29) is 0 Å². The van der Waals surface area contributed by atoms with Crippen LogP contribution >= 0.6 is 0 Å². The number of rotatable bonds is 4. The normalized spacial score (nSPS) is 24.5. The average Bonchev–Trinajstić information content (AvgIpc) is 2.03.